The Hall–Kier alpha value is -2.64. The highest BCUT2D eigenvalue weighted by Crippen LogP contribution is 2.28. The first-order chi connectivity index (χ1) is 14.5. The molecule has 0 fully saturated rings. The quantitative estimate of drug-likeness (QED) is 0.203. The van der Waals surface area contributed by atoms with E-state index in [0.29, 0.717) is 41.3 Å². The summed E-state index contributed by atoms with van der Waals surface area (Å²) in [6.07, 6.45) is 4.28. The summed E-state index contributed by atoms with van der Waals surface area (Å²) in [6.45, 7) is 13.6. The van der Waals surface area contributed by atoms with Crippen molar-refractivity contribution in [2.45, 2.75) is 53.2 Å². The van der Waals surface area contributed by atoms with E-state index < -0.39 is 13.5 Å². The van der Waals surface area contributed by atoms with Gasteiger partial charge in [0.15, 0.2) is 11.4 Å². The lowest BCUT2D eigenvalue weighted by molar-refractivity contribution is 0.0849. The SMILES string of the molecule is CC(C)(C)C(=O)c1cn(COCC[Si](C)(C)C)c2ncc(-c3cccc(C=O)c3)nc12. The molecule has 1 aromatic carbocycles. The number of ketones is 1. The highest BCUT2D eigenvalue weighted by atomic mass is 28.3. The van der Waals surface area contributed by atoms with Gasteiger partial charge >= 0.3 is 0 Å². The number of aromatic nitrogens is 3. The number of hydrogen-bond acceptors (Lipinski definition) is 5. The van der Waals surface area contributed by atoms with Crippen molar-refractivity contribution in [3.63, 3.8) is 0 Å². The lowest BCUT2D eigenvalue weighted by Gasteiger charge is -2.16. The third-order valence-electron chi connectivity index (χ3n) is 5.04. The number of rotatable bonds is 8. The Balaban J connectivity index is 2.01. The van der Waals surface area contributed by atoms with Crippen LogP contribution in [0.15, 0.2) is 36.7 Å². The number of aldehydes is 1. The van der Waals surface area contributed by atoms with E-state index in [-0.39, 0.29) is 5.78 Å². The number of carbonyl (C=O) groups is 2. The largest absolute Gasteiger partial charge is 0.361 e. The van der Waals surface area contributed by atoms with E-state index in [1.165, 1.54) is 0 Å². The van der Waals surface area contributed by atoms with Crippen LogP contribution in [0.2, 0.25) is 25.7 Å². The van der Waals surface area contributed by atoms with Crippen LogP contribution in [0.3, 0.4) is 0 Å². The number of Topliss-reactive ketones (excluding diaryl/α,β-unsaturated/α-hetero) is 1. The van der Waals surface area contributed by atoms with Crippen LogP contribution in [-0.2, 0) is 11.5 Å². The van der Waals surface area contributed by atoms with Gasteiger partial charge in [-0.25, -0.2) is 9.97 Å². The molecule has 3 aromatic rings. The predicted molar refractivity (Wildman–Crippen MR) is 126 cm³/mol. The van der Waals surface area contributed by atoms with Crippen LogP contribution >= 0.6 is 0 Å². The number of carbonyl (C=O) groups excluding carboxylic acids is 2. The lowest BCUT2D eigenvalue weighted by Crippen LogP contribution is -2.22. The molecule has 0 unspecified atom stereocenters. The number of nitrogens with zero attached hydrogens (tertiary/aromatic N) is 3. The summed E-state index contributed by atoms with van der Waals surface area (Å²) in [4.78, 5) is 33.7. The van der Waals surface area contributed by atoms with Gasteiger partial charge < -0.3 is 9.30 Å². The van der Waals surface area contributed by atoms with E-state index in [9.17, 15) is 9.59 Å². The van der Waals surface area contributed by atoms with Crippen molar-refractivity contribution in [3.8, 4) is 11.3 Å². The second kappa shape index (κ2) is 8.84. The Labute approximate surface area is 184 Å². The Morgan fingerprint density at radius 1 is 1.23 bits per heavy atom. The van der Waals surface area contributed by atoms with E-state index >= 15 is 0 Å². The van der Waals surface area contributed by atoms with Crippen LogP contribution in [0.4, 0.5) is 0 Å². The molecular weight excluding hydrogens is 406 g/mol. The van der Waals surface area contributed by atoms with Gasteiger partial charge in [-0.2, -0.15) is 0 Å². The minimum Gasteiger partial charge on any atom is -0.361 e. The molecule has 0 aliphatic rings. The number of fused-ring (bicyclic) bond motifs is 1. The molecule has 0 aliphatic heterocycles. The maximum absolute atomic E-state index is 13.1. The second-order valence-corrected chi connectivity index (χ2v) is 15.7. The van der Waals surface area contributed by atoms with Crippen molar-refractivity contribution in [1.82, 2.24) is 14.5 Å². The van der Waals surface area contributed by atoms with Gasteiger partial charge in [0.1, 0.15) is 18.5 Å². The van der Waals surface area contributed by atoms with Crippen LogP contribution in [0.25, 0.3) is 22.4 Å². The van der Waals surface area contributed by atoms with E-state index in [0.717, 1.165) is 17.9 Å². The van der Waals surface area contributed by atoms with Crippen molar-refractivity contribution in [1.29, 1.82) is 0 Å². The van der Waals surface area contributed by atoms with E-state index in [2.05, 4.69) is 24.6 Å². The minimum atomic E-state index is -1.18. The molecule has 0 bridgehead atoms. The third kappa shape index (κ3) is 5.54. The molecular formula is C24H31N3O3Si. The molecule has 0 aliphatic carbocycles. The Bertz CT molecular complexity index is 1110. The van der Waals surface area contributed by atoms with Gasteiger partial charge in [0, 0.05) is 37.4 Å². The molecule has 0 radical (unpaired) electrons. The topological polar surface area (TPSA) is 74.1 Å². The van der Waals surface area contributed by atoms with Crippen LogP contribution in [0.5, 0.6) is 0 Å². The van der Waals surface area contributed by atoms with Gasteiger partial charge in [-0.1, -0.05) is 58.6 Å². The van der Waals surface area contributed by atoms with E-state index in [4.69, 9.17) is 9.72 Å². The summed E-state index contributed by atoms with van der Waals surface area (Å²) < 4.78 is 7.77. The maximum Gasteiger partial charge on any atom is 0.171 e. The van der Waals surface area contributed by atoms with Crippen LogP contribution < -0.4 is 0 Å². The Morgan fingerprint density at radius 3 is 2.61 bits per heavy atom. The minimum absolute atomic E-state index is 0.00596. The predicted octanol–water partition coefficient (Wildman–Crippen LogP) is 5.45. The summed E-state index contributed by atoms with van der Waals surface area (Å²) in [7, 11) is -1.18. The monoisotopic (exact) mass is 437 g/mol. The molecule has 31 heavy (non-hydrogen) atoms. The smallest absolute Gasteiger partial charge is 0.171 e. The second-order valence-electron chi connectivity index (χ2n) is 10.1. The first kappa shape index (κ1) is 23.0. The summed E-state index contributed by atoms with van der Waals surface area (Å²) in [5.74, 6) is 0.00596. The van der Waals surface area contributed by atoms with Gasteiger partial charge in [-0.3, -0.25) is 9.59 Å². The van der Waals surface area contributed by atoms with Crippen LogP contribution in [-0.4, -0.2) is 41.3 Å². The van der Waals surface area contributed by atoms with E-state index in [1.807, 2.05) is 37.5 Å². The zero-order valence-corrected chi connectivity index (χ0v) is 20.2. The Kier molecular flexibility index (Phi) is 6.57. The molecule has 2 heterocycles. The fraction of sp³-hybridized carbons (Fsp3) is 0.417. The van der Waals surface area contributed by atoms with Gasteiger partial charge in [-0.05, 0) is 12.1 Å². The van der Waals surface area contributed by atoms with Crippen molar-refractivity contribution in [2.24, 2.45) is 5.41 Å². The molecule has 0 amide bonds. The van der Waals surface area contributed by atoms with Gasteiger partial charge in [0.25, 0.3) is 0 Å². The standard InChI is InChI=1S/C24H31N3O3Si/c1-24(2,3)22(29)19-14-27(16-30-10-11-31(4,5)6)23-21(19)26-20(13-25-23)18-9-7-8-17(12-18)15-28/h7-9,12-15H,10-11,16H2,1-6H3. The molecule has 164 valence electrons. The molecule has 0 atom stereocenters. The molecule has 0 saturated carbocycles. The molecule has 0 N–H and O–H groups in total. The molecule has 0 saturated heterocycles. The molecule has 3 rings (SSSR count). The van der Waals surface area contributed by atoms with Crippen LogP contribution in [0.1, 0.15) is 41.5 Å². The average Bonchev–Trinajstić information content (AvgIpc) is 3.07. The molecule has 2 aromatic heterocycles. The van der Waals surface area contributed by atoms with Crippen molar-refractivity contribution >= 4 is 31.3 Å². The normalized spacial score (nSPS) is 12.3. The number of benzene rings is 1. The fourth-order valence-corrected chi connectivity index (χ4v) is 3.93. The molecule has 0 spiro atoms. The number of ether oxygens (including phenoxy) is 1. The van der Waals surface area contributed by atoms with Crippen molar-refractivity contribution < 1.29 is 14.3 Å². The van der Waals surface area contributed by atoms with Gasteiger partial charge in [0.05, 0.1) is 17.5 Å². The van der Waals surface area contributed by atoms with Gasteiger partial charge in [0.2, 0.25) is 0 Å². The zero-order valence-electron chi connectivity index (χ0n) is 19.2. The summed E-state index contributed by atoms with van der Waals surface area (Å²) in [5.41, 5.74) is 3.14. The average molecular weight is 438 g/mol. The fourth-order valence-electron chi connectivity index (χ4n) is 3.17. The summed E-state index contributed by atoms with van der Waals surface area (Å²) >= 11 is 0. The van der Waals surface area contributed by atoms with Crippen molar-refractivity contribution in [3.05, 3.63) is 47.8 Å². The zero-order chi connectivity index (χ0) is 22.8. The molecule has 6 nitrogen and oxygen atoms in total. The first-order valence-electron chi connectivity index (χ1n) is 10.5. The highest BCUT2D eigenvalue weighted by Gasteiger charge is 2.28. The van der Waals surface area contributed by atoms with Crippen LogP contribution in [0, 0.1) is 5.41 Å². The molecule has 7 heteroatoms. The van der Waals surface area contributed by atoms with E-state index in [1.54, 1.807) is 24.5 Å². The lowest BCUT2D eigenvalue weighted by atomic mass is 9.87. The number of hydrogen-bond donors (Lipinski definition) is 0. The first-order valence-corrected chi connectivity index (χ1v) is 14.2. The Morgan fingerprint density at radius 2 is 1.97 bits per heavy atom. The van der Waals surface area contributed by atoms with Gasteiger partial charge in [-0.15, -0.1) is 0 Å². The summed E-state index contributed by atoms with van der Waals surface area (Å²) in [5, 5.41) is 0. The van der Waals surface area contributed by atoms with Crippen molar-refractivity contribution in [2.75, 3.05) is 6.61 Å². The highest BCUT2D eigenvalue weighted by molar-refractivity contribution is 6.76. The maximum atomic E-state index is 13.1. The third-order valence-corrected chi connectivity index (χ3v) is 6.74. The summed E-state index contributed by atoms with van der Waals surface area (Å²) in [6, 6.07) is 8.27.